The molecule has 4 unspecified atom stereocenters. The van der Waals surface area contributed by atoms with Gasteiger partial charge in [-0.15, -0.1) is 0 Å². The predicted octanol–water partition coefficient (Wildman–Crippen LogP) is 5.13. The molecule has 3 saturated carbocycles. The van der Waals surface area contributed by atoms with Crippen molar-refractivity contribution in [2.75, 3.05) is 0 Å². The summed E-state index contributed by atoms with van der Waals surface area (Å²) in [6.07, 6.45) is 5.14. The summed E-state index contributed by atoms with van der Waals surface area (Å²) in [4.78, 5) is 30.4. The van der Waals surface area contributed by atoms with E-state index in [1.54, 1.807) is 12.1 Å². The standard InChI is InChI=1S/C23H21ClFNO3/c1-2-11-5-6-15(29-23-17(25)8-14(24)10-26-23)9-16(11)20-21(27)18-12-3-4-13(7-12)19(18)22(20)28/h5-6,8-10,12-13,18-20H,2-4,7H2,1H3. The molecule has 29 heavy (non-hydrogen) atoms. The van der Waals surface area contributed by atoms with Gasteiger partial charge in [-0.3, -0.25) is 9.59 Å². The van der Waals surface area contributed by atoms with E-state index >= 15 is 0 Å². The lowest BCUT2D eigenvalue weighted by molar-refractivity contribution is -0.125. The molecule has 0 spiro atoms. The molecule has 0 saturated heterocycles. The van der Waals surface area contributed by atoms with Crippen LogP contribution in [0.15, 0.2) is 30.5 Å². The fourth-order valence-electron chi connectivity index (χ4n) is 5.76. The van der Waals surface area contributed by atoms with Crippen molar-refractivity contribution in [2.45, 2.75) is 38.5 Å². The summed E-state index contributed by atoms with van der Waals surface area (Å²) < 4.78 is 19.7. The van der Waals surface area contributed by atoms with Crippen molar-refractivity contribution in [3.8, 4) is 11.6 Å². The highest BCUT2D eigenvalue weighted by Crippen LogP contribution is 2.59. The molecule has 150 valence electrons. The van der Waals surface area contributed by atoms with Crippen molar-refractivity contribution in [3.05, 3.63) is 52.4 Å². The lowest BCUT2D eigenvalue weighted by Crippen LogP contribution is -2.24. The first-order valence-electron chi connectivity index (χ1n) is 10.2. The van der Waals surface area contributed by atoms with E-state index in [1.807, 2.05) is 13.0 Å². The largest absolute Gasteiger partial charge is 0.436 e. The number of aryl methyl sites for hydroxylation is 1. The lowest BCUT2D eigenvalue weighted by atomic mass is 9.81. The number of nitrogens with zero attached hydrogens (tertiary/aromatic N) is 1. The van der Waals surface area contributed by atoms with Crippen molar-refractivity contribution < 1.29 is 18.7 Å². The van der Waals surface area contributed by atoms with Crippen molar-refractivity contribution in [1.82, 2.24) is 4.98 Å². The molecule has 3 aliphatic rings. The van der Waals surface area contributed by atoms with Crippen LogP contribution in [0.2, 0.25) is 5.02 Å². The van der Waals surface area contributed by atoms with Crippen molar-refractivity contribution >= 4 is 23.2 Å². The molecule has 1 aromatic carbocycles. The Labute approximate surface area is 173 Å². The molecule has 1 aromatic heterocycles. The van der Waals surface area contributed by atoms with Gasteiger partial charge in [-0.1, -0.05) is 24.6 Å². The number of fused-ring (bicyclic) bond motifs is 5. The maximum Gasteiger partial charge on any atom is 0.255 e. The second-order valence-electron chi connectivity index (χ2n) is 8.38. The molecule has 0 radical (unpaired) electrons. The Morgan fingerprint density at radius 2 is 1.83 bits per heavy atom. The molecule has 2 bridgehead atoms. The van der Waals surface area contributed by atoms with Crippen LogP contribution >= 0.6 is 11.6 Å². The number of hydrogen-bond acceptors (Lipinski definition) is 4. The van der Waals surface area contributed by atoms with E-state index in [9.17, 15) is 14.0 Å². The molecule has 0 N–H and O–H groups in total. The number of rotatable bonds is 4. The van der Waals surface area contributed by atoms with Gasteiger partial charge in [0.05, 0.1) is 5.02 Å². The van der Waals surface area contributed by atoms with Crippen LogP contribution < -0.4 is 4.74 Å². The quantitative estimate of drug-likeness (QED) is 0.652. The van der Waals surface area contributed by atoms with Gasteiger partial charge in [-0.05, 0) is 66.8 Å². The first kappa shape index (κ1) is 18.7. The minimum absolute atomic E-state index is 0.0647. The minimum atomic E-state index is -0.727. The molecule has 0 amide bonds. The average molecular weight is 414 g/mol. The third-order valence-electron chi connectivity index (χ3n) is 6.94. The van der Waals surface area contributed by atoms with Crippen molar-refractivity contribution in [3.63, 3.8) is 0 Å². The van der Waals surface area contributed by atoms with E-state index < -0.39 is 11.7 Å². The number of aromatic nitrogens is 1. The highest BCUT2D eigenvalue weighted by molar-refractivity contribution is 6.30. The summed E-state index contributed by atoms with van der Waals surface area (Å²) in [6.45, 7) is 1.99. The first-order valence-corrected chi connectivity index (χ1v) is 10.5. The van der Waals surface area contributed by atoms with Gasteiger partial charge in [-0.2, -0.15) is 0 Å². The fourth-order valence-corrected chi connectivity index (χ4v) is 5.90. The Kier molecular flexibility index (Phi) is 4.46. The maximum atomic E-state index is 14.1. The van der Waals surface area contributed by atoms with Crippen molar-refractivity contribution in [1.29, 1.82) is 0 Å². The van der Waals surface area contributed by atoms with E-state index in [4.69, 9.17) is 16.3 Å². The average Bonchev–Trinajstić information content (AvgIpc) is 3.38. The SMILES string of the molecule is CCc1ccc(Oc2ncc(Cl)cc2F)cc1C1C(=O)C2C3CCC(C3)C2C1=O. The van der Waals surface area contributed by atoms with Gasteiger partial charge in [0.15, 0.2) is 17.4 Å². The van der Waals surface area contributed by atoms with E-state index in [-0.39, 0.29) is 34.3 Å². The van der Waals surface area contributed by atoms with Crippen LogP contribution in [0.5, 0.6) is 11.6 Å². The van der Waals surface area contributed by atoms with Gasteiger partial charge in [0.1, 0.15) is 11.7 Å². The molecule has 2 aromatic rings. The Bertz CT molecular complexity index is 995. The molecule has 6 heteroatoms. The van der Waals surface area contributed by atoms with E-state index in [2.05, 4.69) is 4.98 Å². The van der Waals surface area contributed by atoms with Gasteiger partial charge in [0.2, 0.25) is 0 Å². The van der Waals surface area contributed by atoms with Gasteiger partial charge < -0.3 is 4.74 Å². The number of pyridine rings is 1. The Morgan fingerprint density at radius 3 is 2.45 bits per heavy atom. The highest BCUT2D eigenvalue weighted by Gasteiger charge is 2.61. The summed E-state index contributed by atoms with van der Waals surface area (Å²) in [5.41, 5.74) is 1.64. The summed E-state index contributed by atoms with van der Waals surface area (Å²) in [5, 5.41) is 0.181. The second kappa shape index (κ2) is 6.91. The first-order chi connectivity index (χ1) is 14.0. The molecule has 4 nitrogen and oxygen atoms in total. The molecule has 4 atom stereocenters. The molecular weight excluding hydrogens is 393 g/mol. The normalized spacial score (nSPS) is 30.1. The molecular formula is C23H21ClFNO3. The highest BCUT2D eigenvalue weighted by atomic mass is 35.5. The number of ether oxygens (including phenoxy) is 1. The number of halogens is 2. The number of hydrogen-bond donors (Lipinski definition) is 0. The summed E-state index contributed by atoms with van der Waals surface area (Å²) in [5.74, 6) is -0.606. The zero-order valence-electron chi connectivity index (χ0n) is 16.0. The monoisotopic (exact) mass is 413 g/mol. The lowest BCUT2D eigenvalue weighted by Gasteiger charge is -2.21. The number of ketones is 2. The maximum absolute atomic E-state index is 14.1. The van der Waals surface area contributed by atoms with E-state index in [0.717, 1.165) is 30.9 Å². The van der Waals surface area contributed by atoms with Crippen LogP contribution in [-0.4, -0.2) is 16.6 Å². The van der Waals surface area contributed by atoms with E-state index in [0.29, 0.717) is 29.6 Å². The van der Waals surface area contributed by atoms with Crippen LogP contribution in [0, 0.1) is 29.5 Å². The third-order valence-corrected chi connectivity index (χ3v) is 7.15. The molecule has 1 heterocycles. The topological polar surface area (TPSA) is 56.3 Å². The summed E-state index contributed by atoms with van der Waals surface area (Å²) in [7, 11) is 0. The zero-order chi connectivity index (χ0) is 20.3. The van der Waals surface area contributed by atoms with Crippen LogP contribution in [0.4, 0.5) is 4.39 Å². The van der Waals surface area contributed by atoms with Gasteiger partial charge >= 0.3 is 0 Å². The third kappa shape index (κ3) is 2.90. The second-order valence-corrected chi connectivity index (χ2v) is 8.82. The summed E-state index contributed by atoms with van der Waals surface area (Å²) in [6, 6.07) is 6.40. The Balaban J connectivity index is 1.50. The van der Waals surface area contributed by atoms with E-state index in [1.165, 1.54) is 6.20 Å². The fraction of sp³-hybridized carbons (Fsp3) is 0.435. The van der Waals surface area contributed by atoms with Crippen molar-refractivity contribution in [2.24, 2.45) is 23.7 Å². The molecule has 0 aliphatic heterocycles. The smallest absolute Gasteiger partial charge is 0.255 e. The summed E-state index contributed by atoms with van der Waals surface area (Å²) >= 11 is 5.75. The number of Topliss-reactive ketones (excluding diaryl/α,β-unsaturated/α-hetero) is 2. The van der Waals surface area contributed by atoms with Gasteiger partial charge in [0, 0.05) is 18.0 Å². The molecule has 3 aliphatic carbocycles. The van der Waals surface area contributed by atoms with Gasteiger partial charge in [-0.25, -0.2) is 9.37 Å². The van der Waals surface area contributed by atoms with Crippen LogP contribution in [0.25, 0.3) is 0 Å². The zero-order valence-corrected chi connectivity index (χ0v) is 16.8. The van der Waals surface area contributed by atoms with Crippen LogP contribution in [0.1, 0.15) is 43.2 Å². The Morgan fingerprint density at radius 1 is 1.14 bits per heavy atom. The van der Waals surface area contributed by atoms with Crippen LogP contribution in [-0.2, 0) is 16.0 Å². The predicted molar refractivity (Wildman–Crippen MR) is 106 cm³/mol. The minimum Gasteiger partial charge on any atom is -0.436 e. The number of carbonyl (C=O) groups is 2. The number of carbonyl (C=O) groups excluding carboxylic acids is 2. The molecule has 5 rings (SSSR count). The Hall–Kier alpha value is -2.27. The van der Waals surface area contributed by atoms with Gasteiger partial charge in [0.25, 0.3) is 5.88 Å². The van der Waals surface area contributed by atoms with Crippen LogP contribution in [0.3, 0.4) is 0 Å². The number of benzene rings is 1. The molecule has 3 fully saturated rings.